The van der Waals surface area contributed by atoms with Gasteiger partial charge in [-0.3, -0.25) is 9.59 Å². The second-order valence-electron chi connectivity index (χ2n) is 6.56. The molecule has 0 heterocycles. The number of phenolic OH excluding ortho intramolecular Hbond substituents is 1. The lowest BCUT2D eigenvalue weighted by molar-refractivity contribution is 0.0953. The van der Waals surface area contributed by atoms with Crippen molar-refractivity contribution in [2.45, 2.75) is 6.42 Å². The predicted octanol–water partition coefficient (Wildman–Crippen LogP) is 4.79. The molecule has 0 saturated carbocycles. The van der Waals surface area contributed by atoms with Gasteiger partial charge in [0.15, 0.2) is 0 Å². The maximum atomic E-state index is 12.4. The van der Waals surface area contributed by atoms with Crippen LogP contribution in [0.25, 0.3) is 0 Å². The number of halogens is 1. The van der Waals surface area contributed by atoms with Crippen molar-refractivity contribution in [1.82, 2.24) is 5.43 Å². The lowest BCUT2D eigenvalue weighted by atomic mass is 10.1. The molecule has 2 amide bonds. The first-order valence-corrected chi connectivity index (χ1v) is 9.78. The van der Waals surface area contributed by atoms with E-state index in [0.29, 0.717) is 39.4 Å². The number of nitrogens with zero attached hydrogens (tertiary/aromatic N) is 1. The molecule has 156 valence electrons. The molecule has 31 heavy (non-hydrogen) atoms. The average Bonchev–Trinajstić information content (AvgIpc) is 2.76. The third-order valence-corrected chi connectivity index (χ3v) is 4.72. The van der Waals surface area contributed by atoms with Crippen LogP contribution in [0.1, 0.15) is 31.8 Å². The van der Waals surface area contributed by atoms with Crippen LogP contribution in [0.3, 0.4) is 0 Å². The zero-order valence-corrected chi connectivity index (χ0v) is 17.3. The summed E-state index contributed by atoms with van der Waals surface area (Å²) in [4.78, 5) is 24.8. The summed E-state index contributed by atoms with van der Waals surface area (Å²) in [7, 11) is 0. The number of carbonyl (C=O) groups is 2. The van der Waals surface area contributed by atoms with Crippen molar-refractivity contribution >= 4 is 35.3 Å². The number of benzene rings is 3. The van der Waals surface area contributed by atoms with Crippen LogP contribution in [-0.4, -0.2) is 23.1 Å². The van der Waals surface area contributed by atoms with E-state index in [0.717, 1.165) is 0 Å². The Labute approximate surface area is 184 Å². The summed E-state index contributed by atoms with van der Waals surface area (Å²) in [6.45, 7) is 3.66. The van der Waals surface area contributed by atoms with Gasteiger partial charge >= 0.3 is 0 Å². The molecule has 0 radical (unpaired) electrons. The van der Waals surface area contributed by atoms with E-state index in [1.807, 2.05) is 0 Å². The van der Waals surface area contributed by atoms with Crippen molar-refractivity contribution in [2.24, 2.45) is 5.10 Å². The number of phenols is 1. The average molecular weight is 434 g/mol. The van der Waals surface area contributed by atoms with Crippen molar-refractivity contribution in [1.29, 1.82) is 0 Å². The molecule has 7 heteroatoms. The Morgan fingerprint density at radius 2 is 1.81 bits per heavy atom. The zero-order valence-electron chi connectivity index (χ0n) is 16.5. The molecule has 0 saturated heterocycles. The van der Waals surface area contributed by atoms with Crippen molar-refractivity contribution < 1.29 is 14.7 Å². The normalized spacial score (nSPS) is 10.6. The number of allylic oxidation sites excluding steroid dienone is 1. The summed E-state index contributed by atoms with van der Waals surface area (Å²) in [5, 5.41) is 17.2. The van der Waals surface area contributed by atoms with Gasteiger partial charge in [0.05, 0.1) is 16.8 Å². The smallest absolute Gasteiger partial charge is 0.271 e. The minimum absolute atomic E-state index is 0.0877. The molecule has 3 N–H and O–H groups in total. The number of aromatic hydroxyl groups is 1. The Kier molecular flexibility index (Phi) is 7.19. The van der Waals surface area contributed by atoms with Crippen LogP contribution >= 0.6 is 11.6 Å². The van der Waals surface area contributed by atoms with Gasteiger partial charge in [-0.1, -0.05) is 48.0 Å². The number of hydrazone groups is 1. The molecule has 0 atom stereocenters. The number of anilines is 1. The standard InChI is InChI=1S/C24H20ClN3O3/c1-2-7-16-8-5-10-18(22(16)29)15-26-28-23(30)17-9-6-11-19(14-17)27-24(31)20-12-3-4-13-21(20)25/h2-6,8-15,29H,1,7H2,(H,27,31)(H,28,30)/b26-15+. The second-order valence-corrected chi connectivity index (χ2v) is 6.97. The Balaban J connectivity index is 1.67. The molecule has 3 aromatic rings. The molecule has 0 unspecified atom stereocenters. The fourth-order valence-corrected chi connectivity index (χ4v) is 3.06. The monoisotopic (exact) mass is 433 g/mol. The Hall–Kier alpha value is -3.90. The highest BCUT2D eigenvalue weighted by atomic mass is 35.5. The van der Waals surface area contributed by atoms with Crippen LogP contribution < -0.4 is 10.7 Å². The van der Waals surface area contributed by atoms with Crippen LogP contribution in [0.15, 0.2) is 84.5 Å². The summed E-state index contributed by atoms with van der Waals surface area (Å²) in [5.41, 5.74) is 4.68. The van der Waals surface area contributed by atoms with Crippen LogP contribution in [0.2, 0.25) is 5.02 Å². The summed E-state index contributed by atoms with van der Waals surface area (Å²) >= 11 is 6.05. The van der Waals surface area contributed by atoms with Crippen molar-refractivity contribution in [3.63, 3.8) is 0 Å². The predicted molar refractivity (Wildman–Crippen MR) is 123 cm³/mol. The van der Waals surface area contributed by atoms with E-state index in [2.05, 4.69) is 22.4 Å². The second kappa shape index (κ2) is 10.2. The highest BCUT2D eigenvalue weighted by molar-refractivity contribution is 6.34. The highest BCUT2D eigenvalue weighted by Gasteiger charge is 2.11. The van der Waals surface area contributed by atoms with Crippen LogP contribution in [0.4, 0.5) is 5.69 Å². The Bertz CT molecular complexity index is 1160. The molecule has 0 aliphatic carbocycles. The molecule has 0 bridgehead atoms. The molecule has 6 nitrogen and oxygen atoms in total. The van der Waals surface area contributed by atoms with Gasteiger partial charge in [0, 0.05) is 16.8 Å². The van der Waals surface area contributed by atoms with E-state index in [9.17, 15) is 14.7 Å². The van der Waals surface area contributed by atoms with Gasteiger partial charge in [0.1, 0.15) is 5.75 Å². The van der Waals surface area contributed by atoms with E-state index >= 15 is 0 Å². The van der Waals surface area contributed by atoms with E-state index in [1.54, 1.807) is 66.7 Å². The molecule has 0 aromatic heterocycles. The fourth-order valence-electron chi connectivity index (χ4n) is 2.84. The van der Waals surface area contributed by atoms with Gasteiger partial charge in [0.25, 0.3) is 11.8 Å². The molecule has 0 aliphatic heterocycles. The molecule has 0 aliphatic rings. The third-order valence-electron chi connectivity index (χ3n) is 4.39. The topological polar surface area (TPSA) is 90.8 Å². The summed E-state index contributed by atoms with van der Waals surface area (Å²) < 4.78 is 0. The number of amides is 2. The number of nitrogens with one attached hydrogen (secondary N) is 2. The first-order chi connectivity index (χ1) is 15.0. The number of carbonyl (C=O) groups excluding carboxylic acids is 2. The van der Waals surface area contributed by atoms with Gasteiger partial charge < -0.3 is 10.4 Å². The SMILES string of the molecule is C=CCc1cccc(/C=N/NC(=O)c2cccc(NC(=O)c3ccccc3Cl)c2)c1O. The molecular weight excluding hydrogens is 414 g/mol. The quantitative estimate of drug-likeness (QED) is 0.284. The van der Waals surface area contributed by atoms with Crippen LogP contribution in [0, 0.1) is 0 Å². The summed E-state index contributed by atoms with van der Waals surface area (Å²) in [5.74, 6) is -0.757. The third kappa shape index (κ3) is 5.58. The van der Waals surface area contributed by atoms with Gasteiger partial charge in [-0.05, 0) is 48.4 Å². The largest absolute Gasteiger partial charge is 0.507 e. The lowest BCUT2D eigenvalue weighted by Crippen LogP contribution is -2.18. The zero-order chi connectivity index (χ0) is 22.2. The van der Waals surface area contributed by atoms with E-state index in [-0.39, 0.29) is 11.7 Å². The van der Waals surface area contributed by atoms with E-state index in [1.165, 1.54) is 12.3 Å². The Morgan fingerprint density at radius 1 is 1.03 bits per heavy atom. The van der Waals surface area contributed by atoms with Crippen molar-refractivity contribution in [3.8, 4) is 5.75 Å². The van der Waals surface area contributed by atoms with E-state index < -0.39 is 5.91 Å². The van der Waals surface area contributed by atoms with Crippen molar-refractivity contribution in [3.05, 3.63) is 107 Å². The number of rotatable bonds is 7. The van der Waals surface area contributed by atoms with Crippen LogP contribution in [0.5, 0.6) is 5.75 Å². The minimum atomic E-state index is -0.466. The number of para-hydroxylation sites is 1. The first kappa shape index (κ1) is 21.8. The number of hydrogen-bond donors (Lipinski definition) is 3. The van der Waals surface area contributed by atoms with Crippen molar-refractivity contribution in [2.75, 3.05) is 5.32 Å². The first-order valence-electron chi connectivity index (χ1n) is 9.40. The van der Waals surface area contributed by atoms with Gasteiger partial charge in [-0.25, -0.2) is 5.43 Å². The fraction of sp³-hybridized carbons (Fsp3) is 0.0417. The van der Waals surface area contributed by atoms with Gasteiger partial charge in [-0.2, -0.15) is 5.10 Å². The molecular formula is C24H20ClN3O3. The van der Waals surface area contributed by atoms with Crippen LogP contribution in [-0.2, 0) is 6.42 Å². The maximum Gasteiger partial charge on any atom is 0.271 e. The van der Waals surface area contributed by atoms with E-state index in [4.69, 9.17) is 11.6 Å². The Morgan fingerprint density at radius 3 is 2.58 bits per heavy atom. The maximum absolute atomic E-state index is 12.4. The molecule has 0 spiro atoms. The summed E-state index contributed by atoms with van der Waals surface area (Å²) in [6.07, 6.45) is 3.57. The lowest BCUT2D eigenvalue weighted by Gasteiger charge is -2.08. The number of hydrogen-bond acceptors (Lipinski definition) is 4. The highest BCUT2D eigenvalue weighted by Crippen LogP contribution is 2.22. The summed E-state index contributed by atoms with van der Waals surface area (Å²) in [6, 6.07) is 18.4. The molecule has 0 fully saturated rings. The molecule has 3 rings (SSSR count). The van der Waals surface area contributed by atoms with Gasteiger partial charge in [0.2, 0.25) is 0 Å². The van der Waals surface area contributed by atoms with Gasteiger partial charge in [-0.15, -0.1) is 6.58 Å². The minimum Gasteiger partial charge on any atom is -0.507 e. The molecule has 3 aromatic carbocycles.